The predicted octanol–water partition coefficient (Wildman–Crippen LogP) is 3.93. The van der Waals surface area contributed by atoms with Crippen molar-refractivity contribution in [2.24, 2.45) is 0 Å². The van der Waals surface area contributed by atoms with E-state index >= 15 is 0 Å². The standard InChI is InChI=1S/C22H29ClN2O5S/c1-13-8-15(3)17(9-14(13)2)16(4)24-22(26)12-25(31(7,27)28)19-11-20(29-5)18(23)10-21(19)30-6/h8-11,16H,12H2,1-7H3,(H,24,26)/t16-/m1/s1. The number of aryl methyl sites for hydroxylation is 3. The summed E-state index contributed by atoms with van der Waals surface area (Å²) >= 11 is 6.13. The summed E-state index contributed by atoms with van der Waals surface area (Å²) in [6.07, 6.45) is 1.03. The Labute approximate surface area is 189 Å². The van der Waals surface area contributed by atoms with Crippen molar-refractivity contribution in [1.29, 1.82) is 0 Å². The van der Waals surface area contributed by atoms with Gasteiger partial charge in [0.15, 0.2) is 0 Å². The summed E-state index contributed by atoms with van der Waals surface area (Å²) in [7, 11) is -0.996. The zero-order valence-corrected chi connectivity index (χ0v) is 20.4. The summed E-state index contributed by atoms with van der Waals surface area (Å²) in [6.45, 7) is 7.48. The lowest BCUT2D eigenvalue weighted by atomic mass is 9.96. The molecular weight excluding hydrogens is 440 g/mol. The smallest absolute Gasteiger partial charge is 0.241 e. The first kappa shape index (κ1) is 24.8. The van der Waals surface area contributed by atoms with Gasteiger partial charge in [-0.1, -0.05) is 23.7 Å². The zero-order chi connectivity index (χ0) is 23.5. The van der Waals surface area contributed by atoms with Gasteiger partial charge in [0.05, 0.1) is 37.2 Å². The minimum absolute atomic E-state index is 0.163. The molecule has 2 rings (SSSR count). The first-order valence-corrected chi connectivity index (χ1v) is 11.9. The number of methoxy groups -OCH3 is 2. The molecule has 0 aliphatic carbocycles. The van der Waals surface area contributed by atoms with Crippen LogP contribution in [0.2, 0.25) is 5.02 Å². The maximum Gasteiger partial charge on any atom is 0.241 e. The summed E-state index contributed by atoms with van der Waals surface area (Å²) < 4.78 is 36.5. The van der Waals surface area contributed by atoms with Gasteiger partial charge in [0.2, 0.25) is 15.9 Å². The Morgan fingerprint density at radius 3 is 2.16 bits per heavy atom. The van der Waals surface area contributed by atoms with Crippen LogP contribution >= 0.6 is 11.6 Å². The third-order valence-corrected chi connectivity index (χ3v) is 6.56. The van der Waals surface area contributed by atoms with Gasteiger partial charge in [-0.15, -0.1) is 0 Å². The lowest BCUT2D eigenvalue weighted by Gasteiger charge is -2.26. The Kier molecular flexibility index (Phi) is 7.83. The van der Waals surface area contributed by atoms with E-state index in [1.807, 2.05) is 33.8 Å². The first-order valence-electron chi connectivity index (χ1n) is 9.65. The van der Waals surface area contributed by atoms with Crippen LogP contribution in [0, 0.1) is 20.8 Å². The number of sulfonamides is 1. The summed E-state index contributed by atoms with van der Waals surface area (Å²) in [6, 6.07) is 6.70. The number of rotatable bonds is 8. The average molecular weight is 469 g/mol. The molecule has 0 aromatic heterocycles. The molecule has 1 N–H and O–H groups in total. The molecule has 0 radical (unpaired) electrons. The van der Waals surface area contributed by atoms with Gasteiger partial charge < -0.3 is 14.8 Å². The molecule has 0 aliphatic heterocycles. The van der Waals surface area contributed by atoms with Crippen LogP contribution in [0.5, 0.6) is 11.5 Å². The van der Waals surface area contributed by atoms with Gasteiger partial charge in [0.1, 0.15) is 18.0 Å². The van der Waals surface area contributed by atoms with E-state index in [2.05, 4.69) is 11.4 Å². The lowest BCUT2D eigenvalue weighted by molar-refractivity contribution is -0.120. The fourth-order valence-electron chi connectivity index (χ4n) is 3.36. The van der Waals surface area contributed by atoms with E-state index in [4.69, 9.17) is 21.1 Å². The molecule has 0 heterocycles. The fraction of sp³-hybridized carbons (Fsp3) is 0.409. The summed E-state index contributed by atoms with van der Waals surface area (Å²) in [5, 5.41) is 3.15. The maximum atomic E-state index is 12.8. The van der Waals surface area contributed by atoms with Crippen LogP contribution in [0.3, 0.4) is 0 Å². The second kappa shape index (κ2) is 9.78. The number of halogens is 1. The number of nitrogens with zero attached hydrogens (tertiary/aromatic N) is 1. The largest absolute Gasteiger partial charge is 0.495 e. The Morgan fingerprint density at radius 1 is 1.03 bits per heavy atom. The molecule has 0 saturated heterocycles. The minimum atomic E-state index is -3.81. The van der Waals surface area contributed by atoms with Gasteiger partial charge in [-0.3, -0.25) is 9.10 Å². The molecule has 0 saturated carbocycles. The summed E-state index contributed by atoms with van der Waals surface area (Å²) in [4.78, 5) is 12.8. The van der Waals surface area contributed by atoms with E-state index in [-0.39, 0.29) is 28.3 Å². The predicted molar refractivity (Wildman–Crippen MR) is 124 cm³/mol. The highest BCUT2D eigenvalue weighted by Gasteiger charge is 2.26. The van der Waals surface area contributed by atoms with Crippen molar-refractivity contribution in [2.45, 2.75) is 33.7 Å². The van der Waals surface area contributed by atoms with Gasteiger partial charge in [-0.2, -0.15) is 0 Å². The number of carbonyl (C=O) groups is 1. The van der Waals surface area contributed by atoms with Crippen LogP contribution in [-0.2, 0) is 14.8 Å². The number of carbonyl (C=O) groups excluding carboxylic acids is 1. The number of nitrogens with one attached hydrogen (secondary N) is 1. The SMILES string of the molecule is COc1cc(N(CC(=O)N[C@H](C)c2cc(C)c(C)cc2C)S(C)(=O)=O)c(OC)cc1Cl. The van der Waals surface area contributed by atoms with Crippen molar-refractivity contribution in [1.82, 2.24) is 5.32 Å². The van der Waals surface area contributed by atoms with Crippen molar-refractivity contribution in [3.8, 4) is 11.5 Å². The molecular formula is C22H29ClN2O5S. The zero-order valence-electron chi connectivity index (χ0n) is 18.9. The molecule has 1 atom stereocenters. The number of anilines is 1. The van der Waals surface area contributed by atoms with Gasteiger partial charge in [0, 0.05) is 12.1 Å². The molecule has 2 aromatic rings. The third-order valence-electron chi connectivity index (χ3n) is 5.14. The molecule has 31 heavy (non-hydrogen) atoms. The number of hydrogen-bond donors (Lipinski definition) is 1. The second-order valence-corrected chi connectivity index (χ2v) is 9.82. The maximum absolute atomic E-state index is 12.8. The fourth-order valence-corrected chi connectivity index (χ4v) is 4.45. The monoisotopic (exact) mass is 468 g/mol. The summed E-state index contributed by atoms with van der Waals surface area (Å²) in [5.74, 6) is 0.0271. The molecule has 0 spiro atoms. The number of hydrogen-bond acceptors (Lipinski definition) is 5. The van der Waals surface area contributed by atoms with E-state index in [0.717, 1.165) is 27.3 Å². The van der Waals surface area contributed by atoms with Crippen LogP contribution in [0.25, 0.3) is 0 Å². The minimum Gasteiger partial charge on any atom is -0.495 e. The molecule has 9 heteroatoms. The average Bonchev–Trinajstić information content (AvgIpc) is 2.67. The molecule has 7 nitrogen and oxygen atoms in total. The van der Waals surface area contributed by atoms with Crippen LogP contribution in [0.15, 0.2) is 24.3 Å². The van der Waals surface area contributed by atoms with Gasteiger partial charge in [0.25, 0.3) is 0 Å². The van der Waals surface area contributed by atoms with Crippen LogP contribution < -0.4 is 19.1 Å². The Bertz CT molecular complexity index is 1090. The van der Waals surface area contributed by atoms with Crippen molar-refractivity contribution in [3.05, 3.63) is 51.5 Å². The van der Waals surface area contributed by atoms with Gasteiger partial charge in [-0.25, -0.2) is 8.42 Å². The van der Waals surface area contributed by atoms with Crippen LogP contribution in [0.4, 0.5) is 5.69 Å². The van der Waals surface area contributed by atoms with Crippen LogP contribution in [0.1, 0.15) is 35.2 Å². The molecule has 0 fully saturated rings. The quantitative estimate of drug-likeness (QED) is 0.634. The first-order chi connectivity index (χ1) is 14.4. The Hall–Kier alpha value is -2.45. The van der Waals surface area contributed by atoms with E-state index in [9.17, 15) is 13.2 Å². The molecule has 2 aromatic carbocycles. The molecule has 170 valence electrons. The van der Waals surface area contributed by atoms with Crippen molar-refractivity contribution in [3.63, 3.8) is 0 Å². The van der Waals surface area contributed by atoms with E-state index in [0.29, 0.717) is 0 Å². The topological polar surface area (TPSA) is 84.9 Å². The Morgan fingerprint density at radius 2 is 1.61 bits per heavy atom. The lowest BCUT2D eigenvalue weighted by Crippen LogP contribution is -2.41. The van der Waals surface area contributed by atoms with E-state index in [1.165, 1.54) is 31.9 Å². The van der Waals surface area contributed by atoms with E-state index in [1.54, 1.807) is 0 Å². The highest BCUT2D eigenvalue weighted by atomic mass is 35.5. The van der Waals surface area contributed by atoms with Gasteiger partial charge in [-0.05, 0) is 49.9 Å². The van der Waals surface area contributed by atoms with Gasteiger partial charge >= 0.3 is 0 Å². The highest BCUT2D eigenvalue weighted by Crippen LogP contribution is 2.39. The molecule has 0 bridgehead atoms. The normalized spacial score (nSPS) is 12.3. The molecule has 0 aliphatic rings. The van der Waals surface area contributed by atoms with Crippen molar-refractivity contribution >= 4 is 33.2 Å². The third kappa shape index (κ3) is 5.83. The summed E-state index contributed by atoms with van der Waals surface area (Å²) in [5.41, 5.74) is 4.49. The van der Waals surface area contributed by atoms with Crippen molar-refractivity contribution < 1.29 is 22.7 Å². The van der Waals surface area contributed by atoms with Crippen LogP contribution in [-0.4, -0.2) is 41.3 Å². The highest BCUT2D eigenvalue weighted by molar-refractivity contribution is 7.92. The molecule has 1 amide bonds. The second-order valence-electron chi connectivity index (χ2n) is 7.51. The molecule has 0 unspecified atom stereocenters. The van der Waals surface area contributed by atoms with Crippen molar-refractivity contribution in [2.75, 3.05) is 31.3 Å². The number of amides is 1. The Balaban J connectivity index is 2.35. The number of ether oxygens (including phenoxy) is 2. The van der Waals surface area contributed by atoms with E-state index < -0.39 is 22.5 Å². The number of benzene rings is 2.